The van der Waals surface area contributed by atoms with Crippen molar-refractivity contribution < 1.29 is 14.3 Å². The maximum atomic E-state index is 10.8. The summed E-state index contributed by atoms with van der Waals surface area (Å²) in [6.45, 7) is 4.79. The first-order valence-electron chi connectivity index (χ1n) is 4.24. The number of ether oxygens (including phenoxy) is 1. The van der Waals surface area contributed by atoms with Crippen LogP contribution in [0.15, 0.2) is 41.8 Å². The van der Waals surface area contributed by atoms with Gasteiger partial charge in [-0.1, -0.05) is 18.3 Å². The largest absolute Gasteiger partial charge is 0.423 e. The van der Waals surface area contributed by atoms with E-state index in [2.05, 4.69) is 6.58 Å². The molecule has 0 heterocycles. The average molecular weight is 222 g/mol. The number of carbonyl (C=O) groups excluding carboxylic acids is 2. The van der Waals surface area contributed by atoms with Crippen LogP contribution < -0.4 is 4.74 Å². The highest BCUT2D eigenvalue weighted by atomic mass is 32.2. The van der Waals surface area contributed by atoms with Gasteiger partial charge in [-0.25, -0.2) is 4.79 Å². The topological polar surface area (TPSA) is 43.4 Å². The van der Waals surface area contributed by atoms with E-state index in [0.29, 0.717) is 5.75 Å². The van der Waals surface area contributed by atoms with Crippen LogP contribution in [0.1, 0.15) is 6.92 Å². The summed E-state index contributed by atoms with van der Waals surface area (Å²) in [5.41, 5.74) is 0. The molecular weight excluding hydrogens is 212 g/mol. The molecule has 0 aliphatic heterocycles. The Balaban J connectivity index is 2.67. The van der Waals surface area contributed by atoms with Gasteiger partial charge >= 0.3 is 5.97 Å². The van der Waals surface area contributed by atoms with E-state index < -0.39 is 5.97 Å². The third-order valence-corrected chi connectivity index (χ3v) is 2.27. The molecule has 0 aliphatic carbocycles. The van der Waals surface area contributed by atoms with Crippen LogP contribution in [0.25, 0.3) is 0 Å². The fourth-order valence-corrected chi connectivity index (χ4v) is 1.50. The quantitative estimate of drug-likeness (QED) is 0.341. The third kappa shape index (κ3) is 3.99. The Morgan fingerprint density at radius 3 is 2.40 bits per heavy atom. The van der Waals surface area contributed by atoms with Crippen molar-refractivity contribution in [3.05, 3.63) is 36.9 Å². The highest BCUT2D eigenvalue weighted by molar-refractivity contribution is 8.13. The van der Waals surface area contributed by atoms with Crippen molar-refractivity contribution in [2.45, 2.75) is 11.8 Å². The van der Waals surface area contributed by atoms with Gasteiger partial charge in [-0.05, 0) is 24.3 Å². The molecule has 0 unspecified atom stereocenters. The Bertz CT molecular complexity index is 381. The summed E-state index contributed by atoms with van der Waals surface area (Å²) >= 11 is 1.13. The van der Waals surface area contributed by atoms with Crippen molar-refractivity contribution in [1.82, 2.24) is 0 Å². The first-order chi connectivity index (χ1) is 7.11. The molecule has 0 amide bonds. The van der Waals surface area contributed by atoms with Gasteiger partial charge in [0.1, 0.15) is 5.75 Å². The van der Waals surface area contributed by atoms with Gasteiger partial charge in [0.25, 0.3) is 0 Å². The molecule has 0 N–H and O–H groups in total. The Morgan fingerprint density at radius 1 is 1.33 bits per heavy atom. The second-order valence-electron chi connectivity index (χ2n) is 2.69. The summed E-state index contributed by atoms with van der Waals surface area (Å²) in [5.74, 6) is -0.0604. The van der Waals surface area contributed by atoms with Crippen LogP contribution in [-0.4, -0.2) is 11.1 Å². The lowest BCUT2D eigenvalue weighted by molar-refractivity contribution is -0.129. The van der Waals surface area contributed by atoms with Crippen molar-refractivity contribution in [2.75, 3.05) is 0 Å². The Kier molecular flexibility index (Phi) is 4.12. The zero-order valence-corrected chi connectivity index (χ0v) is 9.04. The molecule has 1 aromatic carbocycles. The molecule has 15 heavy (non-hydrogen) atoms. The van der Waals surface area contributed by atoms with Crippen LogP contribution >= 0.6 is 11.8 Å². The van der Waals surface area contributed by atoms with E-state index in [9.17, 15) is 9.59 Å². The van der Waals surface area contributed by atoms with Gasteiger partial charge in [-0.15, -0.1) is 0 Å². The number of rotatable bonds is 3. The first kappa shape index (κ1) is 11.5. The predicted molar refractivity (Wildman–Crippen MR) is 58.8 cm³/mol. The van der Waals surface area contributed by atoms with Crippen molar-refractivity contribution in [2.24, 2.45) is 0 Å². The van der Waals surface area contributed by atoms with Crippen molar-refractivity contribution in [3.63, 3.8) is 0 Å². The lowest BCUT2D eigenvalue weighted by Gasteiger charge is -2.01. The Labute approximate surface area is 92.1 Å². The molecule has 0 atom stereocenters. The fraction of sp³-hybridized carbons (Fsp3) is 0.0909. The molecule has 3 nitrogen and oxygen atoms in total. The highest BCUT2D eigenvalue weighted by Gasteiger charge is 2.01. The van der Waals surface area contributed by atoms with E-state index in [-0.39, 0.29) is 5.12 Å². The van der Waals surface area contributed by atoms with Crippen LogP contribution in [0.5, 0.6) is 5.75 Å². The Morgan fingerprint density at radius 2 is 1.93 bits per heavy atom. The summed E-state index contributed by atoms with van der Waals surface area (Å²) in [5, 5.41) is 0.0193. The molecule has 0 bridgehead atoms. The normalized spacial score (nSPS) is 9.40. The minimum atomic E-state index is -0.498. The zero-order valence-electron chi connectivity index (χ0n) is 8.23. The van der Waals surface area contributed by atoms with Gasteiger partial charge in [0.15, 0.2) is 5.12 Å². The highest BCUT2D eigenvalue weighted by Crippen LogP contribution is 2.21. The van der Waals surface area contributed by atoms with Crippen LogP contribution in [0.4, 0.5) is 0 Å². The monoisotopic (exact) mass is 222 g/mol. The van der Waals surface area contributed by atoms with Crippen molar-refractivity contribution >= 4 is 22.8 Å². The predicted octanol–water partition coefficient (Wildman–Crippen LogP) is 2.42. The van der Waals surface area contributed by atoms with E-state index >= 15 is 0 Å². The first-order valence-corrected chi connectivity index (χ1v) is 5.06. The molecule has 1 rings (SSSR count). The summed E-state index contributed by atoms with van der Waals surface area (Å²) in [6.07, 6.45) is 1.10. The molecule has 4 heteroatoms. The minimum absolute atomic E-state index is 0.0193. The lowest BCUT2D eigenvalue weighted by Crippen LogP contribution is -2.02. The van der Waals surface area contributed by atoms with E-state index in [0.717, 1.165) is 22.7 Å². The van der Waals surface area contributed by atoms with Gasteiger partial charge in [-0.2, -0.15) is 0 Å². The van der Waals surface area contributed by atoms with Gasteiger partial charge in [-0.3, -0.25) is 4.79 Å². The summed E-state index contributed by atoms with van der Waals surface area (Å²) < 4.78 is 4.87. The zero-order chi connectivity index (χ0) is 11.3. The number of thioether (sulfide) groups is 1. The van der Waals surface area contributed by atoms with E-state index in [4.69, 9.17) is 4.74 Å². The van der Waals surface area contributed by atoms with Crippen LogP contribution in [-0.2, 0) is 9.59 Å². The molecule has 0 spiro atoms. The molecule has 0 radical (unpaired) electrons. The molecule has 78 valence electrons. The third-order valence-electron chi connectivity index (χ3n) is 1.47. The van der Waals surface area contributed by atoms with Gasteiger partial charge in [0.2, 0.25) is 0 Å². The molecule has 0 aromatic heterocycles. The second kappa shape index (κ2) is 5.36. The lowest BCUT2D eigenvalue weighted by atomic mass is 10.3. The van der Waals surface area contributed by atoms with Crippen LogP contribution in [0.3, 0.4) is 0 Å². The molecule has 0 fully saturated rings. The number of hydrogen-bond donors (Lipinski definition) is 0. The number of benzene rings is 1. The number of carbonyl (C=O) groups is 2. The summed E-state index contributed by atoms with van der Waals surface area (Å²) in [4.78, 5) is 22.5. The summed E-state index contributed by atoms with van der Waals surface area (Å²) in [7, 11) is 0. The maximum absolute atomic E-state index is 10.8. The smallest absolute Gasteiger partial charge is 0.335 e. The van der Waals surface area contributed by atoms with Gasteiger partial charge in [0.05, 0.1) is 0 Å². The van der Waals surface area contributed by atoms with E-state index in [1.165, 1.54) is 6.92 Å². The summed E-state index contributed by atoms with van der Waals surface area (Å²) in [6, 6.07) is 6.70. The minimum Gasteiger partial charge on any atom is -0.423 e. The standard InChI is InChI=1S/C11H10O3S/c1-3-11(13)14-9-4-6-10(7-5-9)15-8(2)12/h3-7H,1H2,2H3. The number of esters is 1. The van der Waals surface area contributed by atoms with Gasteiger partial charge < -0.3 is 4.74 Å². The maximum Gasteiger partial charge on any atom is 0.335 e. The molecule has 0 saturated heterocycles. The molecule has 0 saturated carbocycles. The van der Waals surface area contributed by atoms with Gasteiger partial charge in [0, 0.05) is 17.9 Å². The van der Waals surface area contributed by atoms with E-state index in [1.54, 1.807) is 24.3 Å². The van der Waals surface area contributed by atoms with E-state index in [1.807, 2.05) is 0 Å². The molecular formula is C11H10O3S. The second-order valence-corrected chi connectivity index (χ2v) is 3.94. The molecule has 1 aromatic rings. The number of hydrogen-bond acceptors (Lipinski definition) is 4. The Hall–Kier alpha value is -1.55. The average Bonchev–Trinajstić information content (AvgIpc) is 2.20. The van der Waals surface area contributed by atoms with Crippen LogP contribution in [0, 0.1) is 0 Å². The SMILES string of the molecule is C=CC(=O)Oc1ccc(SC(C)=O)cc1. The van der Waals surface area contributed by atoms with Crippen molar-refractivity contribution in [1.29, 1.82) is 0 Å². The van der Waals surface area contributed by atoms with Crippen molar-refractivity contribution in [3.8, 4) is 5.75 Å². The fourth-order valence-electron chi connectivity index (χ4n) is 0.900. The molecule has 0 aliphatic rings. The van der Waals surface area contributed by atoms with Crippen LogP contribution in [0.2, 0.25) is 0 Å².